The van der Waals surface area contributed by atoms with E-state index in [9.17, 15) is 4.79 Å². The van der Waals surface area contributed by atoms with Crippen LogP contribution in [0.2, 0.25) is 0 Å². The second kappa shape index (κ2) is 8.87. The van der Waals surface area contributed by atoms with Crippen LogP contribution in [-0.2, 0) is 11.3 Å². The van der Waals surface area contributed by atoms with E-state index in [4.69, 9.17) is 0 Å². The first-order valence-electron chi connectivity index (χ1n) is 6.81. The largest absolute Gasteiger partial charge is 0.362 e. The lowest BCUT2D eigenvalue weighted by Crippen LogP contribution is -2.35. The van der Waals surface area contributed by atoms with Gasteiger partial charge in [-0.05, 0) is 19.4 Å². The average molecular weight is 284 g/mol. The van der Waals surface area contributed by atoms with Crippen LogP contribution in [0.3, 0.4) is 0 Å². The minimum absolute atomic E-state index is 0.0577. The maximum Gasteiger partial charge on any atom is 0.233 e. The van der Waals surface area contributed by atoms with Crippen molar-refractivity contribution in [2.75, 3.05) is 32.0 Å². The van der Waals surface area contributed by atoms with Gasteiger partial charge in [0.25, 0.3) is 0 Å². The van der Waals surface area contributed by atoms with Crippen molar-refractivity contribution in [1.29, 1.82) is 0 Å². The molecule has 1 aromatic heterocycles. The number of rotatable bonds is 9. The number of likely N-dealkylation sites (N-methyl/N-ethyl adjacent to an activating group) is 1. The number of nitrogens with zero attached hydrogens (tertiary/aromatic N) is 2. The van der Waals surface area contributed by atoms with Crippen molar-refractivity contribution in [3.63, 3.8) is 0 Å². The highest BCUT2D eigenvalue weighted by Crippen LogP contribution is 2.19. The van der Waals surface area contributed by atoms with E-state index in [1.807, 2.05) is 6.20 Å². The maximum absolute atomic E-state index is 11.5. The zero-order valence-corrected chi connectivity index (χ0v) is 12.8. The molecule has 0 aliphatic carbocycles. The minimum atomic E-state index is 0.0577. The summed E-state index contributed by atoms with van der Waals surface area (Å²) in [6.45, 7) is 7.35. The molecule has 2 N–H and O–H groups in total. The Kier molecular flexibility index (Phi) is 7.43. The molecule has 1 aromatic rings. The molecule has 0 radical (unpaired) electrons. The molecule has 0 saturated carbocycles. The number of aromatic nitrogens is 1. The number of hydrogen-bond donors (Lipinski definition) is 2. The number of amides is 1. The second-order valence-electron chi connectivity index (χ2n) is 4.44. The third-order valence-corrected chi connectivity index (χ3v) is 3.58. The van der Waals surface area contributed by atoms with Gasteiger partial charge in [-0.2, -0.15) is 0 Å². The van der Waals surface area contributed by atoms with Gasteiger partial charge in [0.1, 0.15) is 0 Å². The van der Waals surface area contributed by atoms with Crippen molar-refractivity contribution >= 4 is 22.4 Å². The van der Waals surface area contributed by atoms with E-state index in [-0.39, 0.29) is 5.91 Å². The molecule has 1 amide bonds. The van der Waals surface area contributed by atoms with E-state index in [2.05, 4.69) is 34.4 Å². The van der Waals surface area contributed by atoms with E-state index < -0.39 is 0 Å². The smallest absolute Gasteiger partial charge is 0.233 e. The molecule has 108 valence electrons. The summed E-state index contributed by atoms with van der Waals surface area (Å²) in [5.74, 6) is 0.0577. The Morgan fingerprint density at radius 1 is 1.42 bits per heavy atom. The first kappa shape index (κ1) is 15.9. The van der Waals surface area contributed by atoms with Gasteiger partial charge in [0.05, 0.1) is 6.54 Å². The van der Waals surface area contributed by atoms with Gasteiger partial charge in [-0.15, -0.1) is 11.3 Å². The molecule has 1 heterocycles. The van der Waals surface area contributed by atoms with E-state index >= 15 is 0 Å². The van der Waals surface area contributed by atoms with Gasteiger partial charge < -0.3 is 10.6 Å². The topological polar surface area (TPSA) is 57.3 Å². The number of hydrogen-bond acceptors (Lipinski definition) is 5. The Morgan fingerprint density at radius 3 is 2.84 bits per heavy atom. The van der Waals surface area contributed by atoms with Crippen molar-refractivity contribution in [2.45, 2.75) is 33.2 Å². The summed E-state index contributed by atoms with van der Waals surface area (Å²) < 4.78 is 0. The van der Waals surface area contributed by atoms with Crippen LogP contribution < -0.4 is 10.6 Å². The van der Waals surface area contributed by atoms with Crippen LogP contribution in [0.5, 0.6) is 0 Å². The summed E-state index contributed by atoms with van der Waals surface area (Å²) in [5, 5.41) is 6.92. The number of carbonyl (C=O) groups excluding carboxylic acids is 1. The molecule has 0 aliphatic heterocycles. The van der Waals surface area contributed by atoms with Crippen LogP contribution in [-0.4, -0.2) is 42.5 Å². The molecule has 0 saturated heterocycles. The standard InChI is InChI=1S/C13H24N4OS/c1-4-6-15-13-16-8-11(19-13)9-17(7-5-2)10-12(18)14-3/h8H,4-7,9-10H2,1-3H3,(H,14,18)(H,15,16). The fourth-order valence-corrected chi connectivity index (χ4v) is 2.61. The van der Waals surface area contributed by atoms with Crippen molar-refractivity contribution in [2.24, 2.45) is 0 Å². The molecular weight excluding hydrogens is 260 g/mol. The predicted molar refractivity (Wildman–Crippen MR) is 80.5 cm³/mol. The average Bonchev–Trinajstić information content (AvgIpc) is 2.84. The monoisotopic (exact) mass is 284 g/mol. The Morgan fingerprint density at radius 2 is 2.21 bits per heavy atom. The maximum atomic E-state index is 11.5. The minimum Gasteiger partial charge on any atom is -0.362 e. The van der Waals surface area contributed by atoms with E-state index in [0.717, 1.165) is 37.6 Å². The molecule has 0 aromatic carbocycles. The van der Waals surface area contributed by atoms with Gasteiger partial charge in [-0.25, -0.2) is 4.98 Å². The van der Waals surface area contributed by atoms with Crippen LogP contribution in [0.15, 0.2) is 6.20 Å². The fourth-order valence-electron chi connectivity index (χ4n) is 1.73. The Bertz CT molecular complexity index is 380. The van der Waals surface area contributed by atoms with Crippen molar-refractivity contribution in [3.05, 3.63) is 11.1 Å². The Balaban J connectivity index is 2.52. The first-order chi connectivity index (χ1) is 9.19. The van der Waals surface area contributed by atoms with Gasteiger partial charge in [-0.1, -0.05) is 13.8 Å². The summed E-state index contributed by atoms with van der Waals surface area (Å²) in [4.78, 5) is 19.1. The molecule has 19 heavy (non-hydrogen) atoms. The van der Waals surface area contributed by atoms with Crippen molar-refractivity contribution in [1.82, 2.24) is 15.2 Å². The highest BCUT2D eigenvalue weighted by atomic mass is 32.1. The molecule has 0 spiro atoms. The summed E-state index contributed by atoms with van der Waals surface area (Å²) >= 11 is 1.67. The molecular formula is C13H24N4OS. The summed E-state index contributed by atoms with van der Waals surface area (Å²) in [5.41, 5.74) is 0. The SMILES string of the molecule is CCCNc1ncc(CN(CCC)CC(=O)NC)s1. The van der Waals surface area contributed by atoms with Gasteiger partial charge in [0.15, 0.2) is 5.13 Å². The van der Waals surface area contributed by atoms with Crippen molar-refractivity contribution in [3.8, 4) is 0 Å². The summed E-state index contributed by atoms with van der Waals surface area (Å²) in [6, 6.07) is 0. The molecule has 0 bridgehead atoms. The predicted octanol–water partition coefficient (Wildman–Crippen LogP) is 1.92. The fraction of sp³-hybridized carbons (Fsp3) is 0.692. The third-order valence-electron chi connectivity index (χ3n) is 2.65. The van der Waals surface area contributed by atoms with Gasteiger partial charge in [0.2, 0.25) is 5.91 Å². The van der Waals surface area contributed by atoms with Gasteiger partial charge >= 0.3 is 0 Å². The van der Waals surface area contributed by atoms with E-state index in [0.29, 0.717) is 6.54 Å². The van der Waals surface area contributed by atoms with E-state index in [1.54, 1.807) is 18.4 Å². The van der Waals surface area contributed by atoms with Crippen LogP contribution in [0.25, 0.3) is 0 Å². The highest BCUT2D eigenvalue weighted by Gasteiger charge is 2.11. The highest BCUT2D eigenvalue weighted by molar-refractivity contribution is 7.15. The lowest BCUT2D eigenvalue weighted by Gasteiger charge is -2.19. The quantitative estimate of drug-likeness (QED) is 0.727. The summed E-state index contributed by atoms with van der Waals surface area (Å²) in [7, 11) is 1.67. The molecule has 1 rings (SSSR count). The van der Waals surface area contributed by atoms with E-state index in [1.165, 1.54) is 4.88 Å². The normalized spacial score (nSPS) is 10.7. The molecule has 6 heteroatoms. The molecule has 5 nitrogen and oxygen atoms in total. The van der Waals surface area contributed by atoms with Crippen LogP contribution in [0, 0.1) is 0 Å². The third kappa shape index (κ3) is 6.02. The molecule has 0 unspecified atom stereocenters. The number of carbonyl (C=O) groups is 1. The number of nitrogens with one attached hydrogen (secondary N) is 2. The van der Waals surface area contributed by atoms with Crippen LogP contribution in [0.1, 0.15) is 31.6 Å². The lowest BCUT2D eigenvalue weighted by atomic mass is 10.3. The van der Waals surface area contributed by atoms with Gasteiger partial charge in [0, 0.05) is 31.2 Å². The molecule has 0 aliphatic rings. The lowest BCUT2D eigenvalue weighted by molar-refractivity contribution is -0.121. The van der Waals surface area contributed by atoms with Crippen LogP contribution >= 0.6 is 11.3 Å². The van der Waals surface area contributed by atoms with Crippen molar-refractivity contribution < 1.29 is 4.79 Å². The summed E-state index contributed by atoms with van der Waals surface area (Å²) in [6.07, 6.45) is 4.03. The number of anilines is 1. The second-order valence-corrected chi connectivity index (χ2v) is 5.56. The molecule has 0 atom stereocenters. The number of thiazole rings is 1. The first-order valence-corrected chi connectivity index (χ1v) is 7.62. The zero-order valence-electron chi connectivity index (χ0n) is 12.0. The molecule has 0 fully saturated rings. The Labute approximate surface area is 119 Å². The van der Waals surface area contributed by atoms with Crippen LogP contribution in [0.4, 0.5) is 5.13 Å². The zero-order chi connectivity index (χ0) is 14.1. The van der Waals surface area contributed by atoms with Gasteiger partial charge in [-0.3, -0.25) is 9.69 Å². The Hall–Kier alpha value is -1.14.